The summed E-state index contributed by atoms with van der Waals surface area (Å²) in [5.41, 5.74) is 8.14. The largest absolute Gasteiger partial charge is 0.383 e. The van der Waals surface area contributed by atoms with Gasteiger partial charge in [-0.25, -0.2) is 9.97 Å². The van der Waals surface area contributed by atoms with Gasteiger partial charge in [0.05, 0.1) is 17.9 Å². The van der Waals surface area contributed by atoms with Crippen LogP contribution in [0, 0.1) is 5.92 Å². The van der Waals surface area contributed by atoms with Gasteiger partial charge in [-0.2, -0.15) is 0 Å². The van der Waals surface area contributed by atoms with Crippen molar-refractivity contribution in [3.63, 3.8) is 0 Å². The average Bonchev–Trinajstić information content (AvgIpc) is 2.86. The monoisotopic (exact) mass is 479 g/mol. The summed E-state index contributed by atoms with van der Waals surface area (Å²) in [6, 6.07) is 6.17. The number of hydrogen-bond donors (Lipinski definition) is 2. The first-order chi connectivity index (χ1) is 16.8. The van der Waals surface area contributed by atoms with Gasteiger partial charge in [-0.05, 0) is 62.4 Å². The molecule has 0 spiro atoms. The van der Waals surface area contributed by atoms with Gasteiger partial charge in [-0.15, -0.1) is 0 Å². The number of aryl methyl sites for hydroxylation is 1. The fourth-order valence-corrected chi connectivity index (χ4v) is 4.95. The Morgan fingerprint density at radius 2 is 1.91 bits per heavy atom. The van der Waals surface area contributed by atoms with Crippen LogP contribution in [-0.4, -0.2) is 70.9 Å². The summed E-state index contributed by atoms with van der Waals surface area (Å²) in [6.07, 6.45) is 5.84. The third kappa shape index (κ3) is 5.56. The summed E-state index contributed by atoms with van der Waals surface area (Å²) in [6.45, 7) is 9.73. The number of likely N-dealkylation sites (N-methyl/N-ethyl adjacent to an activating group) is 1. The third-order valence-corrected chi connectivity index (χ3v) is 7.35. The van der Waals surface area contributed by atoms with Gasteiger partial charge in [0.15, 0.2) is 0 Å². The summed E-state index contributed by atoms with van der Waals surface area (Å²) < 4.78 is 0. The molecule has 2 aromatic heterocycles. The molecule has 3 atom stereocenters. The normalized spacial score (nSPS) is 23.3. The Kier molecular flexibility index (Phi) is 7.54. The highest BCUT2D eigenvalue weighted by atomic mass is 16.2. The van der Waals surface area contributed by atoms with E-state index in [1.807, 2.05) is 19.2 Å². The minimum atomic E-state index is -0.659. The van der Waals surface area contributed by atoms with Crippen LogP contribution in [0.25, 0.3) is 0 Å². The Balaban J connectivity index is 1.48. The Labute approximate surface area is 207 Å². The van der Waals surface area contributed by atoms with Gasteiger partial charge in [-0.1, -0.05) is 19.9 Å². The van der Waals surface area contributed by atoms with Crippen LogP contribution in [-0.2, 0) is 16.0 Å². The van der Waals surface area contributed by atoms with Crippen molar-refractivity contribution in [3.8, 4) is 0 Å². The first kappa shape index (κ1) is 24.9. The number of rotatable bonds is 4. The maximum absolute atomic E-state index is 13.3. The van der Waals surface area contributed by atoms with E-state index in [0.717, 1.165) is 49.4 Å². The SMILES string of the molecule is CCc1cc(NC(=O)C(=O)N2C[C@@H](C)CC[C@@H]2c2ccc(N3CCN(C)[C@@H](C)C3)nc2)cnc1N. The van der Waals surface area contributed by atoms with Gasteiger partial charge in [0.2, 0.25) is 0 Å². The molecule has 0 unspecified atom stereocenters. The number of likely N-dealkylation sites (tertiary alicyclic amines) is 1. The van der Waals surface area contributed by atoms with Gasteiger partial charge >= 0.3 is 11.8 Å². The number of piperidine rings is 1. The van der Waals surface area contributed by atoms with Gasteiger partial charge in [0.25, 0.3) is 0 Å². The molecule has 2 amide bonds. The first-order valence-electron chi connectivity index (χ1n) is 12.5. The number of nitrogens with one attached hydrogen (secondary N) is 1. The van der Waals surface area contributed by atoms with Crippen LogP contribution < -0.4 is 16.0 Å². The molecule has 2 aromatic rings. The summed E-state index contributed by atoms with van der Waals surface area (Å²) >= 11 is 0. The zero-order chi connectivity index (χ0) is 25.1. The maximum Gasteiger partial charge on any atom is 0.313 e. The number of piperazine rings is 1. The van der Waals surface area contributed by atoms with E-state index in [9.17, 15) is 9.59 Å². The Hall–Kier alpha value is -3.20. The van der Waals surface area contributed by atoms with Crippen molar-refractivity contribution in [2.24, 2.45) is 5.92 Å². The van der Waals surface area contributed by atoms with Crippen LogP contribution in [0.2, 0.25) is 0 Å². The highest BCUT2D eigenvalue weighted by molar-refractivity contribution is 6.39. The Bertz CT molecular complexity index is 1060. The van der Waals surface area contributed by atoms with E-state index in [1.165, 1.54) is 6.20 Å². The minimum absolute atomic E-state index is 0.173. The smallest absolute Gasteiger partial charge is 0.313 e. The highest BCUT2D eigenvalue weighted by Crippen LogP contribution is 2.34. The fourth-order valence-electron chi connectivity index (χ4n) is 4.95. The van der Waals surface area contributed by atoms with E-state index >= 15 is 0 Å². The lowest BCUT2D eigenvalue weighted by Gasteiger charge is -2.39. The number of pyridine rings is 2. The van der Waals surface area contributed by atoms with Gasteiger partial charge in [-0.3, -0.25) is 9.59 Å². The second-order valence-electron chi connectivity index (χ2n) is 9.96. The summed E-state index contributed by atoms with van der Waals surface area (Å²) in [5, 5.41) is 2.71. The Morgan fingerprint density at radius 1 is 1.11 bits per heavy atom. The molecule has 0 radical (unpaired) electrons. The standard InChI is InChI=1S/C26H37N7O2/c1-5-19-12-21(14-29-24(19)27)30-25(34)26(35)33-15-17(2)6-8-22(33)20-7-9-23(28-13-20)32-11-10-31(4)18(3)16-32/h7,9,12-14,17-18,22H,5-6,8,10-11,15-16H2,1-4H3,(H2,27,29)(H,30,34)/t17-,18-,22+/m0/s1. The molecule has 2 saturated heterocycles. The number of nitrogens with two attached hydrogens (primary N) is 1. The average molecular weight is 480 g/mol. The van der Waals surface area contributed by atoms with Gasteiger partial charge in [0, 0.05) is 38.4 Å². The zero-order valence-corrected chi connectivity index (χ0v) is 21.2. The fraction of sp³-hybridized carbons (Fsp3) is 0.538. The third-order valence-electron chi connectivity index (χ3n) is 7.35. The first-order valence-corrected chi connectivity index (χ1v) is 12.5. The van der Waals surface area contributed by atoms with Crippen molar-refractivity contribution in [3.05, 3.63) is 41.7 Å². The maximum atomic E-state index is 13.3. The number of carbonyl (C=O) groups is 2. The molecule has 0 bridgehead atoms. The summed E-state index contributed by atoms with van der Waals surface area (Å²) in [4.78, 5) is 41.4. The highest BCUT2D eigenvalue weighted by Gasteiger charge is 2.34. The molecule has 3 N–H and O–H groups in total. The van der Waals surface area contributed by atoms with Crippen LogP contribution in [0.4, 0.5) is 17.3 Å². The molecule has 9 heteroatoms. The van der Waals surface area contributed by atoms with Crippen LogP contribution in [0.15, 0.2) is 30.6 Å². The number of amides is 2. The molecule has 0 aliphatic carbocycles. The number of nitrogen functional groups attached to an aromatic ring is 1. The van der Waals surface area contributed by atoms with E-state index < -0.39 is 11.8 Å². The van der Waals surface area contributed by atoms with E-state index in [0.29, 0.717) is 36.4 Å². The molecule has 2 aliphatic rings. The quantitative estimate of drug-likeness (QED) is 0.649. The predicted molar refractivity (Wildman–Crippen MR) is 138 cm³/mol. The van der Waals surface area contributed by atoms with E-state index in [4.69, 9.17) is 10.7 Å². The van der Waals surface area contributed by atoms with Gasteiger partial charge < -0.3 is 25.8 Å². The topological polar surface area (TPSA) is 108 Å². The number of anilines is 3. The van der Waals surface area contributed by atoms with Crippen LogP contribution in [0.1, 0.15) is 50.8 Å². The molecule has 2 aliphatic heterocycles. The van der Waals surface area contributed by atoms with Crippen molar-refractivity contribution < 1.29 is 9.59 Å². The van der Waals surface area contributed by atoms with Crippen molar-refractivity contribution in [1.82, 2.24) is 19.8 Å². The van der Waals surface area contributed by atoms with Crippen LogP contribution in [0.3, 0.4) is 0 Å². The molecular weight excluding hydrogens is 442 g/mol. The minimum Gasteiger partial charge on any atom is -0.383 e. The number of carbonyl (C=O) groups excluding carboxylic acids is 2. The molecule has 2 fully saturated rings. The number of hydrogen-bond acceptors (Lipinski definition) is 7. The van der Waals surface area contributed by atoms with E-state index in [2.05, 4.69) is 47.1 Å². The van der Waals surface area contributed by atoms with Crippen LogP contribution >= 0.6 is 0 Å². The molecule has 0 aromatic carbocycles. The Morgan fingerprint density at radius 3 is 2.60 bits per heavy atom. The molecule has 9 nitrogen and oxygen atoms in total. The molecular formula is C26H37N7O2. The lowest BCUT2D eigenvalue weighted by molar-refractivity contribution is -0.146. The number of aromatic nitrogens is 2. The lowest BCUT2D eigenvalue weighted by atomic mass is 9.90. The van der Waals surface area contributed by atoms with Crippen molar-refractivity contribution in [2.45, 2.75) is 52.1 Å². The number of nitrogens with zero attached hydrogens (tertiary/aromatic N) is 5. The summed E-state index contributed by atoms with van der Waals surface area (Å²) in [7, 11) is 2.15. The molecule has 4 heterocycles. The van der Waals surface area contributed by atoms with Crippen LogP contribution in [0.5, 0.6) is 0 Å². The molecule has 0 saturated carbocycles. The second kappa shape index (κ2) is 10.6. The summed E-state index contributed by atoms with van der Waals surface area (Å²) in [5.74, 6) is 0.522. The van der Waals surface area contributed by atoms with Gasteiger partial charge in [0.1, 0.15) is 11.6 Å². The second-order valence-corrected chi connectivity index (χ2v) is 9.96. The zero-order valence-electron chi connectivity index (χ0n) is 21.2. The lowest BCUT2D eigenvalue weighted by Crippen LogP contribution is -2.50. The van der Waals surface area contributed by atoms with E-state index in [-0.39, 0.29) is 6.04 Å². The molecule has 4 rings (SSSR count). The molecule has 188 valence electrons. The molecule has 35 heavy (non-hydrogen) atoms. The van der Waals surface area contributed by atoms with Crippen molar-refractivity contribution in [1.29, 1.82) is 0 Å². The van der Waals surface area contributed by atoms with Crippen molar-refractivity contribution in [2.75, 3.05) is 49.2 Å². The predicted octanol–water partition coefficient (Wildman–Crippen LogP) is 2.70. The van der Waals surface area contributed by atoms with Crippen molar-refractivity contribution >= 4 is 29.1 Å². The van der Waals surface area contributed by atoms with E-state index in [1.54, 1.807) is 11.0 Å².